The molecule has 0 bridgehead atoms. The van der Waals surface area contributed by atoms with Gasteiger partial charge in [-0.05, 0) is 81.3 Å². The van der Waals surface area contributed by atoms with E-state index in [-0.39, 0.29) is 41.9 Å². The summed E-state index contributed by atoms with van der Waals surface area (Å²) in [5.41, 5.74) is 7.05. The number of methoxy groups -OCH3 is 1. The Kier molecular flexibility index (Phi) is 7.41. The van der Waals surface area contributed by atoms with Gasteiger partial charge in [0.2, 0.25) is 5.91 Å². The van der Waals surface area contributed by atoms with Crippen LogP contribution < -0.4 is 15.8 Å². The molecule has 3 N–H and O–H groups in total. The third-order valence-electron chi connectivity index (χ3n) is 7.77. The van der Waals surface area contributed by atoms with Gasteiger partial charge >= 0.3 is 0 Å². The van der Waals surface area contributed by atoms with Crippen molar-refractivity contribution in [2.24, 2.45) is 5.73 Å². The Morgan fingerprint density at radius 1 is 1.00 bits per heavy atom. The molecule has 1 aromatic carbocycles. The van der Waals surface area contributed by atoms with E-state index < -0.39 is 6.04 Å². The zero-order valence-corrected chi connectivity index (χ0v) is 21.2. The first-order chi connectivity index (χ1) is 17.9. The van der Waals surface area contributed by atoms with Crippen molar-refractivity contribution in [3.63, 3.8) is 0 Å². The Morgan fingerprint density at radius 2 is 1.73 bits per heavy atom. The number of carbonyl (C=O) groups is 3. The summed E-state index contributed by atoms with van der Waals surface area (Å²) in [6.45, 7) is 0.305. The molecule has 5 rings (SSSR count). The topological polar surface area (TPSA) is 118 Å². The summed E-state index contributed by atoms with van der Waals surface area (Å²) in [6, 6.07) is 9.96. The fraction of sp³-hybridized carbons (Fsp3) is 0.500. The average molecular weight is 506 g/mol. The minimum Gasteiger partial charge on any atom is -0.497 e. The lowest BCUT2D eigenvalue weighted by atomic mass is 9.91. The fourth-order valence-corrected chi connectivity index (χ4v) is 5.57. The van der Waals surface area contributed by atoms with E-state index in [9.17, 15) is 14.4 Å². The number of pyridine rings is 1. The highest BCUT2D eigenvalue weighted by molar-refractivity contribution is 5.98. The molecule has 37 heavy (non-hydrogen) atoms. The largest absolute Gasteiger partial charge is 0.497 e. The third kappa shape index (κ3) is 5.61. The standard InChI is InChI=1S/C28H35N5O4/c1-37-24-12-4-18(5-13-24)28(36)33(22-10-11-22)23-15-25(26(34)31-21-8-6-20(29)7-9-21)32(17-23)27(35)19-3-2-14-30-16-19/h2-5,12-14,16,20-23,25H,6-11,15,17,29H2,1H3,(H,31,34). The summed E-state index contributed by atoms with van der Waals surface area (Å²) in [7, 11) is 1.59. The number of carbonyl (C=O) groups excluding carboxylic acids is 3. The number of hydrogen-bond donors (Lipinski definition) is 2. The minimum absolute atomic E-state index is 0.0576. The van der Waals surface area contributed by atoms with E-state index in [1.165, 1.54) is 6.20 Å². The maximum absolute atomic E-state index is 13.6. The zero-order chi connectivity index (χ0) is 25.9. The van der Waals surface area contributed by atoms with Gasteiger partial charge in [-0.3, -0.25) is 19.4 Å². The van der Waals surface area contributed by atoms with Crippen LogP contribution in [-0.4, -0.2) is 76.4 Å². The van der Waals surface area contributed by atoms with E-state index >= 15 is 0 Å². The molecule has 2 saturated carbocycles. The second-order valence-electron chi connectivity index (χ2n) is 10.4. The number of likely N-dealkylation sites (tertiary alicyclic amines) is 1. The predicted molar refractivity (Wildman–Crippen MR) is 138 cm³/mol. The Labute approximate surface area is 217 Å². The molecule has 2 heterocycles. The summed E-state index contributed by atoms with van der Waals surface area (Å²) in [5, 5.41) is 3.17. The molecule has 2 aromatic rings. The second-order valence-corrected chi connectivity index (χ2v) is 10.4. The SMILES string of the molecule is COc1ccc(C(=O)N(C2CC2)C2CC(C(=O)NC3CCC(N)CC3)N(C(=O)c3cccnc3)C2)cc1. The lowest BCUT2D eigenvalue weighted by Gasteiger charge is -2.30. The molecular weight excluding hydrogens is 470 g/mol. The summed E-state index contributed by atoms with van der Waals surface area (Å²) in [4.78, 5) is 48.3. The van der Waals surface area contributed by atoms with Crippen molar-refractivity contribution in [2.45, 2.75) is 75.2 Å². The fourth-order valence-electron chi connectivity index (χ4n) is 5.57. The highest BCUT2D eigenvalue weighted by Gasteiger charge is 2.47. The van der Waals surface area contributed by atoms with E-state index in [2.05, 4.69) is 10.3 Å². The lowest BCUT2D eigenvalue weighted by Crippen LogP contribution is -2.50. The molecule has 2 atom stereocenters. The molecule has 2 aliphatic carbocycles. The van der Waals surface area contributed by atoms with Gasteiger partial charge in [-0.2, -0.15) is 0 Å². The molecule has 9 heteroatoms. The van der Waals surface area contributed by atoms with Crippen LogP contribution in [0.25, 0.3) is 0 Å². The van der Waals surface area contributed by atoms with Crippen molar-refractivity contribution in [1.82, 2.24) is 20.1 Å². The quantitative estimate of drug-likeness (QED) is 0.597. The van der Waals surface area contributed by atoms with Crippen LogP contribution in [0, 0.1) is 0 Å². The van der Waals surface area contributed by atoms with Crippen molar-refractivity contribution in [3.8, 4) is 5.75 Å². The van der Waals surface area contributed by atoms with Crippen LogP contribution in [0.15, 0.2) is 48.8 Å². The molecule has 3 amide bonds. The van der Waals surface area contributed by atoms with Gasteiger partial charge in [0.25, 0.3) is 11.8 Å². The number of benzene rings is 1. The van der Waals surface area contributed by atoms with Gasteiger partial charge in [0, 0.05) is 42.6 Å². The molecule has 3 aliphatic rings. The van der Waals surface area contributed by atoms with E-state index in [0.29, 0.717) is 29.8 Å². The van der Waals surface area contributed by atoms with Gasteiger partial charge in [-0.1, -0.05) is 0 Å². The van der Waals surface area contributed by atoms with Crippen molar-refractivity contribution in [3.05, 3.63) is 59.9 Å². The van der Waals surface area contributed by atoms with E-state index in [0.717, 1.165) is 38.5 Å². The van der Waals surface area contributed by atoms with Crippen molar-refractivity contribution in [2.75, 3.05) is 13.7 Å². The number of nitrogens with two attached hydrogens (primary N) is 1. The lowest BCUT2D eigenvalue weighted by molar-refractivity contribution is -0.125. The van der Waals surface area contributed by atoms with Gasteiger partial charge in [0.1, 0.15) is 11.8 Å². The van der Waals surface area contributed by atoms with Crippen molar-refractivity contribution in [1.29, 1.82) is 0 Å². The molecule has 2 unspecified atom stereocenters. The van der Waals surface area contributed by atoms with Crippen LogP contribution in [-0.2, 0) is 4.79 Å². The van der Waals surface area contributed by atoms with E-state index in [4.69, 9.17) is 10.5 Å². The summed E-state index contributed by atoms with van der Waals surface area (Å²) >= 11 is 0. The van der Waals surface area contributed by atoms with Gasteiger partial charge in [0.15, 0.2) is 0 Å². The highest BCUT2D eigenvalue weighted by atomic mass is 16.5. The highest BCUT2D eigenvalue weighted by Crippen LogP contribution is 2.35. The summed E-state index contributed by atoms with van der Waals surface area (Å²) in [5.74, 6) is 0.206. The maximum Gasteiger partial charge on any atom is 0.256 e. The number of hydrogen-bond acceptors (Lipinski definition) is 6. The molecule has 9 nitrogen and oxygen atoms in total. The Balaban J connectivity index is 1.38. The van der Waals surface area contributed by atoms with Gasteiger partial charge in [0.05, 0.1) is 18.7 Å². The number of nitrogens with one attached hydrogen (secondary N) is 1. The number of amides is 3. The van der Waals surface area contributed by atoms with Gasteiger partial charge < -0.3 is 25.6 Å². The van der Waals surface area contributed by atoms with Crippen LogP contribution in [0.2, 0.25) is 0 Å². The third-order valence-corrected chi connectivity index (χ3v) is 7.77. The average Bonchev–Trinajstić information content (AvgIpc) is 3.67. The number of ether oxygens (including phenoxy) is 1. The first kappa shape index (κ1) is 25.2. The van der Waals surface area contributed by atoms with Crippen LogP contribution >= 0.6 is 0 Å². The van der Waals surface area contributed by atoms with Crippen LogP contribution in [0.4, 0.5) is 0 Å². The first-order valence-corrected chi connectivity index (χ1v) is 13.2. The van der Waals surface area contributed by atoms with Crippen molar-refractivity contribution >= 4 is 17.7 Å². The summed E-state index contributed by atoms with van der Waals surface area (Å²) in [6.07, 6.45) is 8.82. The minimum atomic E-state index is -0.654. The Hall–Kier alpha value is -3.46. The Bertz CT molecular complexity index is 1110. The normalized spacial score (nSPS) is 25.4. The van der Waals surface area contributed by atoms with Crippen LogP contribution in [0.3, 0.4) is 0 Å². The van der Waals surface area contributed by atoms with Crippen LogP contribution in [0.5, 0.6) is 5.75 Å². The second kappa shape index (κ2) is 10.9. The molecular formula is C28H35N5O4. The molecule has 0 radical (unpaired) electrons. The van der Waals surface area contributed by atoms with Crippen molar-refractivity contribution < 1.29 is 19.1 Å². The Morgan fingerprint density at radius 3 is 2.35 bits per heavy atom. The maximum atomic E-state index is 13.6. The van der Waals surface area contributed by atoms with Gasteiger partial charge in [-0.25, -0.2) is 0 Å². The molecule has 1 aromatic heterocycles. The van der Waals surface area contributed by atoms with E-state index in [1.54, 1.807) is 54.6 Å². The van der Waals surface area contributed by atoms with Gasteiger partial charge in [-0.15, -0.1) is 0 Å². The summed E-state index contributed by atoms with van der Waals surface area (Å²) < 4.78 is 5.23. The molecule has 0 spiro atoms. The number of aromatic nitrogens is 1. The molecule has 1 aliphatic heterocycles. The first-order valence-electron chi connectivity index (χ1n) is 13.2. The predicted octanol–water partition coefficient (Wildman–Crippen LogP) is 2.36. The molecule has 3 fully saturated rings. The molecule has 196 valence electrons. The smallest absolute Gasteiger partial charge is 0.256 e. The monoisotopic (exact) mass is 505 g/mol. The number of nitrogens with zero attached hydrogens (tertiary/aromatic N) is 3. The zero-order valence-electron chi connectivity index (χ0n) is 21.2. The number of rotatable bonds is 7. The van der Waals surface area contributed by atoms with Crippen LogP contribution in [0.1, 0.15) is 65.7 Å². The molecule has 1 saturated heterocycles. The van der Waals surface area contributed by atoms with E-state index in [1.807, 2.05) is 4.90 Å².